The monoisotopic (exact) mass is 240 g/mol. The Kier molecular flexibility index (Phi) is 6.46. The van der Waals surface area contributed by atoms with Crippen LogP contribution in [0.4, 0.5) is 0 Å². The van der Waals surface area contributed by atoms with E-state index in [-0.39, 0.29) is 0 Å². The average Bonchev–Trinajstić information content (AvgIpc) is 2.26. The Morgan fingerprint density at radius 2 is 1.94 bits per heavy atom. The van der Waals surface area contributed by atoms with Gasteiger partial charge < -0.3 is 10.6 Å². The molecule has 0 spiro atoms. The van der Waals surface area contributed by atoms with Crippen molar-refractivity contribution in [3.05, 3.63) is 34.3 Å². The Hall–Kier alpha value is -0.570. The lowest BCUT2D eigenvalue weighted by atomic mass is 10.1. The normalized spacial score (nSPS) is 10.7. The summed E-state index contributed by atoms with van der Waals surface area (Å²) < 4.78 is 0. The highest BCUT2D eigenvalue weighted by atomic mass is 35.5. The number of benzene rings is 1. The molecule has 0 fully saturated rings. The first kappa shape index (κ1) is 13.5. The van der Waals surface area contributed by atoms with Crippen LogP contribution in [0.3, 0.4) is 0 Å². The molecule has 1 aromatic rings. The molecule has 0 aliphatic carbocycles. The van der Waals surface area contributed by atoms with E-state index in [1.54, 1.807) is 0 Å². The number of nitrogens with one attached hydrogen (secondary N) is 2. The quantitative estimate of drug-likeness (QED) is 0.717. The smallest absolute Gasteiger partial charge is 0.0453 e. The first-order chi connectivity index (χ1) is 7.74. The highest BCUT2D eigenvalue weighted by Crippen LogP contribution is 2.16. The van der Waals surface area contributed by atoms with Crippen LogP contribution in [0.1, 0.15) is 24.5 Å². The standard InChI is InChI=1S/C13H21ClN2/c1-3-15-7-4-8-16-10-12-6-5-11(2)9-13(12)14/h5-6,9,15-16H,3-4,7-8,10H2,1-2H3. The van der Waals surface area contributed by atoms with Crippen molar-refractivity contribution in [1.29, 1.82) is 0 Å². The number of halogens is 1. The molecule has 2 nitrogen and oxygen atoms in total. The van der Waals surface area contributed by atoms with Gasteiger partial charge >= 0.3 is 0 Å². The van der Waals surface area contributed by atoms with Gasteiger partial charge in [-0.25, -0.2) is 0 Å². The molecule has 0 radical (unpaired) electrons. The molecule has 0 bridgehead atoms. The van der Waals surface area contributed by atoms with Crippen LogP contribution in [0.15, 0.2) is 18.2 Å². The van der Waals surface area contributed by atoms with Crippen LogP contribution in [-0.2, 0) is 6.54 Å². The lowest BCUT2D eigenvalue weighted by Gasteiger charge is -2.07. The Bertz CT molecular complexity index is 313. The van der Waals surface area contributed by atoms with Crippen LogP contribution < -0.4 is 10.6 Å². The molecule has 1 aromatic carbocycles. The van der Waals surface area contributed by atoms with Crippen molar-refractivity contribution < 1.29 is 0 Å². The Balaban J connectivity index is 2.21. The van der Waals surface area contributed by atoms with Gasteiger partial charge in [-0.1, -0.05) is 30.7 Å². The molecule has 0 aliphatic rings. The zero-order valence-corrected chi connectivity index (χ0v) is 10.9. The maximum absolute atomic E-state index is 6.14. The fourth-order valence-electron chi connectivity index (χ4n) is 1.53. The zero-order chi connectivity index (χ0) is 11.8. The molecule has 90 valence electrons. The first-order valence-electron chi connectivity index (χ1n) is 5.90. The topological polar surface area (TPSA) is 24.1 Å². The second-order valence-corrected chi connectivity index (χ2v) is 4.39. The maximum atomic E-state index is 6.14. The summed E-state index contributed by atoms with van der Waals surface area (Å²) in [5.41, 5.74) is 2.39. The van der Waals surface area contributed by atoms with Crippen molar-refractivity contribution in [2.45, 2.75) is 26.8 Å². The summed E-state index contributed by atoms with van der Waals surface area (Å²) in [5, 5.41) is 7.56. The van der Waals surface area contributed by atoms with Crippen molar-refractivity contribution in [3.8, 4) is 0 Å². The SMILES string of the molecule is CCNCCCNCc1ccc(C)cc1Cl. The van der Waals surface area contributed by atoms with E-state index in [0.717, 1.165) is 37.6 Å². The lowest BCUT2D eigenvalue weighted by molar-refractivity contribution is 0.606. The fraction of sp³-hybridized carbons (Fsp3) is 0.538. The zero-order valence-electron chi connectivity index (χ0n) is 10.1. The van der Waals surface area contributed by atoms with E-state index >= 15 is 0 Å². The molecule has 0 amide bonds. The van der Waals surface area contributed by atoms with Gasteiger partial charge in [0, 0.05) is 11.6 Å². The molecule has 2 N–H and O–H groups in total. The van der Waals surface area contributed by atoms with E-state index in [1.165, 1.54) is 11.1 Å². The molecule has 0 saturated carbocycles. The third-order valence-corrected chi connectivity index (χ3v) is 2.83. The first-order valence-corrected chi connectivity index (χ1v) is 6.28. The van der Waals surface area contributed by atoms with Crippen molar-refractivity contribution in [2.75, 3.05) is 19.6 Å². The lowest BCUT2D eigenvalue weighted by Crippen LogP contribution is -2.21. The van der Waals surface area contributed by atoms with Gasteiger partial charge in [-0.2, -0.15) is 0 Å². The Morgan fingerprint density at radius 3 is 2.62 bits per heavy atom. The molecule has 0 unspecified atom stereocenters. The summed E-state index contributed by atoms with van der Waals surface area (Å²) in [6, 6.07) is 6.20. The molecular formula is C13H21ClN2. The van der Waals surface area contributed by atoms with Crippen LogP contribution in [0.5, 0.6) is 0 Å². The maximum Gasteiger partial charge on any atom is 0.0453 e. The third-order valence-electron chi connectivity index (χ3n) is 2.48. The third kappa shape index (κ3) is 4.97. The number of hydrogen-bond acceptors (Lipinski definition) is 2. The van der Waals surface area contributed by atoms with Gasteiger partial charge in [0.15, 0.2) is 0 Å². The van der Waals surface area contributed by atoms with E-state index in [2.05, 4.69) is 36.6 Å². The molecule has 16 heavy (non-hydrogen) atoms. The van der Waals surface area contributed by atoms with Gasteiger partial charge in [-0.05, 0) is 50.2 Å². The minimum Gasteiger partial charge on any atom is -0.317 e. The van der Waals surface area contributed by atoms with Crippen LogP contribution in [0.25, 0.3) is 0 Å². The average molecular weight is 241 g/mol. The molecule has 0 aliphatic heterocycles. The number of aryl methyl sites for hydroxylation is 1. The van der Waals surface area contributed by atoms with Crippen molar-refractivity contribution in [3.63, 3.8) is 0 Å². The summed E-state index contributed by atoms with van der Waals surface area (Å²) in [7, 11) is 0. The summed E-state index contributed by atoms with van der Waals surface area (Å²) >= 11 is 6.14. The van der Waals surface area contributed by atoms with Gasteiger partial charge in [0.2, 0.25) is 0 Å². The van der Waals surface area contributed by atoms with Crippen molar-refractivity contribution >= 4 is 11.6 Å². The van der Waals surface area contributed by atoms with E-state index in [0.29, 0.717) is 0 Å². The summed E-state index contributed by atoms with van der Waals surface area (Å²) in [6.45, 7) is 8.18. The van der Waals surface area contributed by atoms with Gasteiger partial charge in [0.25, 0.3) is 0 Å². The van der Waals surface area contributed by atoms with Gasteiger partial charge in [0.05, 0.1) is 0 Å². The van der Waals surface area contributed by atoms with E-state index in [4.69, 9.17) is 11.6 Å². The Morgan fingerprint density at radius 1 is 1.19 bits per heavy atom. The highest BCUT2D eigenvalue weighted by Gasteiger charge is 1.99. The van der Waals surface area contributed by atoms with Gasteiger partial charge in [-0.3, -0.25) is 0 Å². The van der Waals surface area contributed by atoms with Crippen LogP contribution in [0, 0.1) is 6.92 Å². The molecule has 0 heterocycles. The molecule has 0 atom stereocenters. The minimum atomic E-state index is 0.852. The highest BCUT2D eigenvalue weighted by molar-refractivity contribution is 6.31. The van der Waals surface area contributed by atoms with Crippen LogP contribution in [-0.4, -0.2) is 19.6 Å². The second-order valence-electron chi connectivity index (χ2n) is 3.98. The van der Waals surface area contributed by atoms with Crippen LogP contribution in [0.2, 0.25) is 5.02 Å². The minimum absolute atomic E-state index is 0.852. The molecule has 0 saturated heterocycles. The van der Waals surface area contributed by atoms with Crippen LogP contribution >= 0.6 is 11.6 Å². The molecule has 0 aromatic heterocycles. The van der Waals surface area contributed by atoms with Gasteiger partial charge in [-0.15, -0.1) is 0 Å². The summed E-state index contributed by atoms with van der Waals surface area (Å²) in [6.07, 6.45) is 1.15. The number of rotatable bonds is 7. The predicted octanol–water partition coefficient (Wildman–Crippen LogP) is 2.74. The predicted molar refractivity (Wildman–Crippen MR) is 71.1 cm³/mol. The molecular weight excluding hydrogens is 220 g/mol. The van der Waals surface area contributed by atoms with Crippen molar-refractivity contribution in [1.82, 2.24) is 10.6 Å². The molecule has 1 rings (SSSR count). The van der Waals surface area contributed by atoms with E-state index < -0.39 is 0 Å². The van der Waals surface area contributed by atoms with Gasteiger partial charge in [0.1, 0.15) is 0 Å². The van der Waals surface area contributed by atoms with E-state index in [1.807, 2.05) is 6.07 Å². The largest absolute Gasteiger partial charge is 0.317 e. The fourth-order valence-corrected chi connectivity index (χ4v) is 1.84. The van der Waals surface area contributed by atoms with E-state index in [9.17, 15) is 0 Å². The Labute approximate surface area is 103 Å². The molecule has 3 heteroatoms. The number of hydrogen-bond donors (Lipinski definition) is 2. The summed E-state index contributed by atoms with van der Waals surface area (Å²) in [5.74, 6) is 0. The van der Waals surface area contributed by atoms with Crippen molar-refractivity contribution in [2.24, 2.45) is 0 Å². The summed E-state index contributed by atoms with van der Waals surface area (Å²) in [4.78, 5) is 0. The second kappa shape index (κ2) is 7.66.